The first-order valence-corrected chi connectivity index (χ1v) is 8.76. The highest BCUT2D eigenvalue weighted by Gasteiger charge is 2.38. The number of nitrogens with two attached hydrogens (primary N) is 1. The average Bonchev–Trinajstić information content (AvgIpc) is 2.74. The number of methoxy groups -OCH3 is 1. The minimum absolute atomic E-state index is 0.0351. The van der Waals surface area contributed by atoms with Crippen LogP contribution in [0.3, 0.4) is 0 Å². The summed E-state index contributed by atoms with van der Waals surface area (Å²) in [6.07, 6.45) is -0.0776. The van der Waals surface area contributed by atoms with E-state index < -0.39 is 33.8 Å². The van der Waals surface area contributed by atoms with Crippen molar-refractivity contribution < 1.29 is 22.7 Å². The summed E-state index contributed by atoms with van der Waals surface area (Å²) in [7, 11) is -2.24. The normalized spacial score (nSPS) is 18.2. The van der Waals surface area contributed by atoms with Crippen LogP contribution in [0, 0.1) is 0 Å². The number of amides is 3. The van der Waals surface area contributed by atoms with Crippen molar-refractivity contribution in [2.24, 2.45) is 5.14 Å². The number of imide groups is 1. The van der Waals surface area contributed by atoms with E-state index >= 15 is 0 Å². The summed E-state index contributed by atoms with van der Waals surface area (Å²) in [5.41, 5.74) is 0.543. The van der Waals surface area contributed by atoms with Crippen molar-refractivity contribution in [3.8, 4) is 5.75 Å². The molecular formula is C13H16ClN3O5S. The molecule has 1 saturated heterocycles. The SMILES string of the molecule is COc1cccc(CN2C(=O)NC(CCS(N)(=O)=O)C2=O)c1Cl. The van der Waals surface area contributed by atoms with Crippen LogP contribution < -0.4 is 15.2 Å². The van der Waals surface area contributed by atoms with Crippen LogP contribution in [0.1, 0.15) is 12.0 Å². The zero-order valence-corrected chi connectivity index (χ0v) is 13.9. The Labute approximate surface area is 138 Å². The lowest BCUT2D eigenvalue weighted by Gasteiger charge is -2.15. The van der Waals surface area contributed by atoms with E-state index in [4.69, 9.17) is 21.5 Å². The van der Waals surface area contributed by atoms with E-state index in [1.165, 1.54) is 7.11 Å². The molecule has 1 unspecified atom stereocenters. The molecule has 1 atom stereocenters. The van der Waals surface area contributed by atoms with Crippen LogP contribution in [-0.2, 0) is 21.4 Å². The number of hydrogen-bond donors (Lipinski definition) is 2. The summed E-state index contributed by atoms with van der Waals surface area (Å²) in [4.78, 5) is 25.1. The molecule has 3 N–H and O–H groups in total. The lowest BCUT2D eigenvalue weighted by molar-refractivity contribution is -0.127. The molecule has 23 heavy (non-hydrogen) atoms. The summed E-state index contributed by atoms with van der Waals surface area (Å²) in [6, 6.07) is 3.51. The molecule has 126 valence electrons. The van der Waals surface area contributed by atoms with Crippen LogP contribution >= 0.6 is 11.6 Å². The van der Waals surface area contributed by atoms with Gasteiger partial charge in [-0.1, -0.05) is 23.7 Å². The second kappa shape index (κ2) is 6.73. The van der Waals surface area contributed by atoms with Gasteiger partial charge in [-0.3, -0.25) is 9.69 Å². The van der Waals surface area contributed by atoms with Gasteiger partial charge in [0.25, 0.3) is 5.91 Å². The third-order valence-corrected chi connectivity index (χ3v) is 4.62. The summed E-state index contributed by atoms with van der Waals surface area (Å²) >= 11 is 6.15. The molecule has 1 heterocycles. The van der Waals surface area contributed by atoms with Gasteiger partial charge in [0, 0.05) is 0 Å². The zero-order valence-electron chi connectivity index (χ0n) is 12.3. The van der Waals surface area contributed by atoms with E-state index in [1.54, 1.807) is 18.2 Å². The minimum Gasteiger partial charge on any atom is -0.495 e. The molecule has 0 aromatic heterocycles. The molecule has 10 heteroatoms. The first-order chi connectivity index (χ1) is 10.7. The third-order valence-electron chi connectivity index (χ3n) is 3.39. The number of nitrogens with zero attached hydrogens (tertiary/aromatic N) is 1. The molecule has 0 bridgehead atoms. The van der Waals surface area contributed by atoms with Crippen molar-refractivity contribution >= 4 is 33.6 Å². The molecule has 1 aromatic rings. The van der Waals surface area contributed by atoms with Gasteiger partial charge in [0.2, 0.25) is 10.0 Å². The Balaban J connectivity index is 2.12. The number of carbonyl (C=O) groups is 2. The zero-order chi connectivity index (χ0) is 17.2. The monoisotopic (exact) mass is 361 g/mol. The van der Waals surface area contributed by atoms with E-state index in [-0.39, 0.29) is 13.0 Å². The van der Waals surface area contributed by atoms with Crippen molar-refractivity contribution in [3.63, 3.8) is 0 Å². The van der Waals surface area contributed by atoms with Crippen LogP contribution in [0.5, 0.6) is 5.75 Å². The van der Waals surface area contributed by atoms with E-state index in [9.17, 15) is 18.0 Å². The maximum Gasteiger partial charge on any atom is 0.325 e. The summed E-state index contributed by atoms with van der Waals surface area (Å²) in [5.74, 6) is -0.475. The number of hydrogen-bond acceptors (Lipinski definition) is 5. The summed E-state index contributed by atoms with van der Waals surface area (Å²) in [6.45, 7) is -0.0351. The smallest absolute Gasteiger partial charge is 0.325 e. The van der Waals surface area contributed by atoms with Gasteiger partial charge in [-0.25, -0.2) is 18.4 Å². The fourth-order valence-electron chi connectivity index (χ4n) is 2.21. The van der Waals surface area contributed by atoms with Gasteiger partial charge in [0.1, 0.15) is 11.8 Å². The second-order valence-electron chi connectivity index (χ2n) is 5.02. The number of primary sulfonamides is 1. The highest BCUT2D eigenvalue weighted by molar-refractivity contribution is 7.89. The van der Waals surface area contributed by atoms with Crippen LogP contribution in [0.15, 0.2) is 18.2 Å². The Kier molecular flexibility index (Phi) is 5.12. The molecule has 1 aliphatic heterocycles. The average molecular weight is 362 g/mol. The van der Waals surface area contributed by atoms with Crippen LogP contribution in [0.2, 0.25) is 5.02 Å². The molecule has 1 aromatic carbocycles. The second-order valence-corrected chi connectivity index (χ2v) is 7.13. The number of halogens is 1. The van der Waals surface area contributed by atoms with Crippen molar-refractivity contribution in [2.45, 2.75) is 19.0 Å². The van der Waals surface area contributed by atoms with Gasteiger partial charge < -0.3 is 10.1 Å². The molecule has 3 amide bonds. The highest BCUT2D eigenvalue weighted by Crippen LogP contribution is 2.29. The van der Waals surface area contributed by atoms with E-state index in [0.717, 1.165) is 4.90 Å². The van der Waals surface area contributed by atoms with Crippen LogP contribution in [0.4, 0.5) is 4.79 Å². The van der Waals surface area contributed by atoms with Crippen molar-refractivity contribution in [2.75, 3.05) is 12.9 Å². The molecule has 1 fully saturated rings. The predicted molar refractivity (Wildman–Crippen MR) is 83.5 cm³/mol. The maximum atomic E-state index is 12.2. The summed E-state index contributed by atoms with van der Waals surface area (Å²) in [5, 5.41) is 7.65. The number of rotatable bonds is 6. The van der Waals surface area contributed by atoms with Crippen molar-refractivity contribution in [1.29, 1.82) is 0 Å². The van der Waals surface area contributed by atoms with E-state index in [1.807, 2.05) is 0 Å². The third kappa shape index (κ3) is 4.12. The standard InChI is InChI=1S/C13H16ClN3O5S/c1-22-10-4-2-3-8(11(10)14)7-17-12(18)9(16-13(17)19)5-6-23(15,20)21/h2-4,9H,5-7H2,1H3,(H,16,19)(H2,15,20,21). The Morgan fingerprint density at radius 2 is 2.09 bits per heavy atom. The Morgan fingerprint density at radius 3 is 2.70 bits per heavy atom. The lowest BCUT2D eigenvalue weighted by atomic mass is 10.2. The largest absolute Gasteiger partial charge is 0.495 e. The topological polar surface area (TPSA) is 119 Å². The van der Waals surface area contributed by atoms with E-state index in [2.05, 4.69) is 5.32 Å². The molecule has 0 radical (unpaired) electrons. The van der Waals surface area contributed by atoms with Gasteiger partial charge in [-0.2, -0.15) is 0 Å². The first-order valence-electron chi connectivity index (χ1n) is 6.66. The Morgan fingerprint density at radius 1 is 1.39 bits per heavy atom. The van der Waals surface area contributed by atoms with Crippen LogP contribution in [0.25, 0.3) is 0 Å². The molecule has 0 aliphatic carbocycles. The van der Waals surface area contributed by atoms with Crippen LogP contribution in [-0.4, -0.2) is 44.2 Å². The van der Waals surface area contributed by atoms with Gasteiger partial charge in [-0.05, 0) is 18.1 Å². The highest BCUT2D eigenvalue weighted by atomic mass is 35.5. The number of benzene rings is 1. The number of nitrogens with one attached hydrogen (secondary N) is 1. The van der Waals surface area contributed by atoms with Gasteiger partial charge in [0.15, 0.2) is 0 Å². The molecule has 1 aliphatic rings. The predicted octanol–water partition coefficient (Wildman–Crippen LogP) is 0.448. The lowest BCUT2D eigenvalue weighted by Crippen LogP contribution is -2.33. The molecular weight excluding hydrogens is 346 g/mol. The quantitative estimate of drug-likeness (QED) is 0.713. The molecule has 8 nitrogen and oxygen atoms in total. The van der Waals surface area contributed by atoms with Gasteiger partial charge in [-0.15, -0.1) is 0 Å². The molecule has 0 spiro atoms. The first kappa shape index (κ1) is 17.5. The molecule has 2 rings (SSSR count). The number of carbonyl (C=O) groups excluding carboxylic acids is 2. The fraction of sp³-hybridized carbons (Fsp3) is 0.385. The number of sulfonamides is 1. The van der Waals surface area contributed by atoms with Crippen molar-refractivity contribution in [3.05, 3.63) is 28.8 Å². The van der Waals surface area contributed by atoms with E-state index in [0.29, 0.717) is 16.3 Å². The summed E-state index contributed by atoms with van der Waals surface area (Å²) < 4.78 is 27.0. The maximum absolute atomic E-state index is 12.2. The van der Waals surface area contributed by atoms with Gasteiger partial charge >= 0.3 is 6.03 Å². The Hall–Kier alpha value is -1.84. The van der Waals surface area contributed by atoms with Crippen molar-refractivity contribution in [1.82, 2.24) is 10.2 Å². The molecule has 0 saturated carbocycles. The fourth-order valence-corrected chi connectivity index (χ4v) is 3.04. The minimum atomic E-state index is -3.70. The number of ether oxygens (including phenoxy) is 1. The number of urea groups is 1. The van der Waals surface area contributed by atoms with Gasteiger partial charge in [0.05, 0.1) is 24.4 Å². The Bertz CT molecular complexity index is 737.